The summed E-state index contributed by atoms with van der Waals surface area (Å²) < 4.78 is 6.32. The van der Waals surface area contributed by atoms with Gasteiger partial charge in [0.25, 0.3) is 5.91 Å². The summed E-state index contributed by atoms with van der Waals surface area (Å²) in [4.78, 5) is 18.4. The zero-order valence-corrected chi connectivity index (χ0v) is 15.2. The molecule has 0 radical (unpaired) electrons. The first-order valence-electron chi connectivity index (χ1n) is 8.46. The van der Waals surface area contributed by atoms with Crippen molar-refractivity contribution >= 4 is 5.91 Å². The van der Waals surface area contributed by atoms with E-state index in [4.69, 9.17) is 9.57 Å². The second kappa shape index (κ2) is 5.46. The molecule has 2 fully saturated rings. The topological polar surface area (TPSA) is 50.8 Å². The lowest BCUT2D eigenvalue weighted by atomic mass is 9.76. The maximum atomic E-state index is 12.4. The fourth-order valence-electron chi connectivity index (χ4n) is 4.19. The van der Waals surface area contributed by atoms with E-state index in [2.05, 4.69) is 45.0 Å². The Morgan fingerprint density at radius 1 is 1.14 bits per heavy atom. The Kier molecular flexibility index (Phi) is 4.39. The molecule has 2 saturated heterocycles. The molecule has 0 aromatic rings. The predicted octanol–water partition coefficient (Wildman–Crippen LogP) is 2.99. The first-order chi connectivity index (χ1) is 10.0. The van der Waals surface area contributed by atoms with Crippen LogP contribution in [0.25, 0.3) is 0 Å². The van der Waals surface area contributed by atoms with Gasteiger partial charge in [0.15, 0.2) is 0 Å². The van der Waals surface area contributed by atoms with Gasteiger partial charge in [0.05, 0.1) is 6.61 Å². The molecule has 2 aliphatic heterocycles. The van der Waals surface area contributed by atoms with Gasteiger partial charge >= 0.3 is 0 Å². The summed E-state index contributed by atoms with van der Waals surface area (Å²) in [5.41, 5.74) is -1.76. The first-order valence-corrected chi connectivity index (χ1v) is 8.46. The second-order valence-corrected chi connectivity index (χ2v) is 8.24. The van der Waals surface area contributed by atoms with E-state index in [9.17, 15) is 4.79 Å². The maximum Gasteiger partial charge on any atom is 0.254 e. The van der Waals surface area contributed by atoms with Crippen LogP contribution in [0, 0.1) is 0 Å². The third kappa shape index (κ3) is 2.91. The third-order valence-corrected chi connectivity index (χ3v) is 4.88. The molecule has 128 valence electrons. The van der Waals surface area contributed by atoms with Crippen LogP contribution in [0.2, 0.25) is 0 Å². The molecule has 1 spiro atoms. The highest BCUT2D eigenvalue weighted by atomic mass is 16.7. The Morgan fingerprint density at radius 3 is 2.09 bits per heavy atom. The molecule has 2 aliphatic rings. The van der Waals surface area contributed by atoms with Crippen LogP contribution in [0.15, 0.2) is 0 Å². The van der Waals surface area contributed by atoms with Crippen molar-refractivity contribution < 1.29 is 14.4 Å². The standard InChI is InChI=1S/C17H32N2O3/c1-8-10-21-19-14(3,4)11-17(12-15(19,5)6)18-13(20)16(7,9-2)22-17/h8-12H2,1-7H3,(H,18,20). The summed E-state index contributed by atoms with van der Waals surface area (Å²) in [6, 6.07) is 0. The SMILES string of the molecule is CCCON1C(C)(C)CC2(CC1(C)C)NC(=O)C(C)(CC)O2. The van der Waals surface area contributed by atoms with E-state index >= 15 is 0 Å². The van der Waals surface area contributed by atoms with E-state index in [1.165, 1.54) is 0 Å². The first kappa shape index (κ1) is 17.7. The third-order valence-electron chi connectivity index (χ3n) is 4.88. The lowest BCUT2D eigenvalue weighted by Crippen LogP contribution is -2.68. The highest BCUT2D eigenvalue weighted by molar-refractivity contribution is 5.87. The quantitative estimate of drug-likeness (QED) is 0.867. The molecule has 1 atom stereocenters. The largest absolute Gasteiger partial charge is 0.340 e. The van der Waals surface area contributed by atoms with Crippen LogP contribution in [-0.4, -0.2) is 40.0 Å². The molecule has 0 aromatic heterocycles. The molecule has 1 unspecified atom stereocenters. The van der Waals surface area contributed by atoms with Crippen molar-refractivity contribution in [2.24, 2.45) is 0 Å². The van der Waals surface area contributed by atoms with Crippen molar-refractivity contribution in [3.63, 3.8) is 0 Å². The summed E-state index contributed by atoms with van der Waals surface area (Å²) in [5, 5.41) is 5.26. The molecule has 0 aliphatic carbocycles. The molecule has 5 nitrogen and oxygen atoms in total. The van der Waals surface area contributed by atoms with Crippen molar-refractivity contribution in [2.75, 3.05) is 6.61 Å². The fraction of sp³-hybridized carbons (Fsp3) is 0.941. The average Bonchev–Trinajstić information content (AvgIpc) is 2.58. The maximum absolute atomic E-state index is 12.4. The van der Waals surface area contributed by atoms with Gasteiger partial charge < -0.3 is 10.1 Å². The summed E-state index contributed by atoms with van der Waals surface area (Å²) in [7, 11) is 0. The van der Waals surface area contributed by atoms with E-state index in [1.807, 2.05) is 13.8 Å². The molecule has 2 heterocycles. The molecular weight excluding hydrogens is 280 g/mol. The average molecular weight is 312 g/mol. The van der Waals surface area contributed by atoms with Gasteiger partial charge in [-0.25, -0.2) is 0 Å². The summed E-state index contributed by atoms with van der Waals surface area (Å²) in [6.45, 7) is 15.3. The minimum Gasteiger partial charge on any atom is -0.340 e. The fourth-order valence-corrected chi connectivity index (χ4v) is 4.19. The van der Waals surface area contributed by atoms with Gasteiger partial charge in [-0.3, -0.25) is 9.63 Å². The number of hydrogen-bond acceptors (Lipinski definition) is 4. The number of ether oxygens (including phenoxy) is 1. The number of carbonyl (C=O) groups is 1. The molecule has 0 saturated carbocycles. The van der Waals surface area contributed by atoms with E-state index in [1.54, 1.807) is 0 Å². The molecular formula is C17H32N2O3. The molecule has 22 heavy (non-hydrogen) atoms. The van der Waals surface area contributed by atoms with Crippen LogP contribution in [-0.2, 0) is 14.4 Å². The molecule has 0 bridgehead atoms. The Hall–Kier alpha value is -0.650. The molecule has 2 rings (SSSR count). The van der Waals surface area contributed by atoms with Gasteiger partial charge in [0.1, 0.15) is 11.3 Å². The zero-order valence-electron chi connectivity index (χ0n) is 15.2. The van der Waals surface area contributed by atoms with Crippen molar-refractivity contribution in [3.8, 4) is 0 Å². The molecule has 1 amide bonds. The molecule has 0 aromatic carbocycles. The van der Waals surface area contributed by atoms with Crippen molar-refractivity contribution in [1.82, 2.24) is 10.4 Å². The number of carbonyl (C=O) groups excluding carboxylic acids is 1. The van der Waals surface area contributed by atoms with E-state index in [0.29, 0.717) is 25.9 Å². The van der Waals surface area contributed by atoms with Crippen LogP contribution in [0.4, 0.5) is 0 Å². The van der Waals surface area contributed by atoms with Gasteiger partial charge in [0.2, 0.25) is 0 Å². The predicted molar refractivity (Wildman–Crippen MR) is 86.1 cm³/mol. The zero-order chi connectivity index (χ0) is 16.8. The van der Waals surface area contributed by atoms with Crippen LogP contribution in [0.3, 0.4) is 0 Å². The van der Waals surface area contributed by atoms with Gasteiger partial charge in [-0.2, -0.15) is 5.06 Å². The van der Waals surface area contributed by atoms with Crippen LogP contribution >= 0.6 is 0 Å². The summed E-state index contributed by atoms with van der Waals surface area (Å²) in [6.07, 6.45) is 3.09. The number of hydrogen-bond donors (Lipinski definition) is 1. The Balaban J connectivity index is 2.28. The van der Waals surface area contributed by atoms with Gasteiger partial charge in [-0.15, -0.1) is 0 Å². The van der Waals surface area contributed by atoms with E-state index in [0.717, 1.165) is 6.42 Å². The second-order valence-electron chi connectivity index (χ2n) is 8.24. The number of nitrogens with one attached hydrogen (secondary N) is 1. The summed E-state index contributed by atoms with van der Waals surface area (Å²) in [5.74, 6) is 0.00419. The van der Waals surface area contributed by atoms with E-state index in [-0.39, 0.29) is 17.0 Å². The molecule has 5 heteroatoms. The molecule has 1 N–H and O–H groups in total. The van der Waals surface area contributed by atoms with Gasteiger partial charge in [-0.05, 0) is 47.5 Å². The van der Waals surface area contributed by atoms with Crippen molar-refractivity contribution in [3.05, 3.63) is 0 Å². The number of rotatable bonds is 4. The number of amides is 1. The Morgan fingerprint density at radius 2 is 1.68 bits per heavy atom. The highest BCUT2D eigenvalue weighted by Gasteiger charge is 2.61. The van der Waals surface area contributed by atoms with Crippen molar-refractivity contribution in [1.29, 1.82) is 0 Å². The monoisotopic (exact) mass is 312 g/mol. The Bertz CT molecular complexity index is 429. The normalized spacial score (nSPS) is 33.1. The van der Waals surface area contributed by atoms with Crippen LogP contribution in [0.5, 0.6) is 0 Å². The lowest BCUT2D eigenvalue weighted by molar-refractivity contribution is -0.313. The number of nitrogens with zero attached hydrogens (tertiary/aromatic N) is 1. The smallest absolute Gasteiger partial charge is 0.254 e. The minimum absolute atomic E-state index is 0.00419. The van der Waals surface area contributed by atoms with E-state index < -0.39 is 11.3 Å². The summed E-state index contributed by atoms with van der Waals surface area (Å²) >= 11 is 0. The van der Waals surface area contributed by atoms with Gasteiger partial charge in [0, 0.05) is 23.9 Å². The van der Waals surface area contributed by atoms with Crippen LogP contribution < -0.4 is 5.32 Å². The number of piperidine rings is 1. The Labute approximate surface area is 134 Å². The lowest BCUT2D eigenvalue weighted by Gasteiger charge is -2.56. The van der Waals surface area contributed by atoms with Crippen molar-refractivity contribution in [2.45, 2.75) is 96.6 Å². The van der Waals surface area contributed by atoms with Gasteiger partial charge in [-0.1, -0.05) is 13.8 Å². The number of hydroxylamine groups is 2. The highest BCUT2D eigenvalue weighted by Crippen LogP contribution is 2.48. The van der Waals surface area contributed by atoms with Crippen LogP contribution in [0.1, 0.15) is 74.1 Å². The minimum atomic E-state index is -0.724.